The second-order valence-corrected chi connectivity index (χ2v) is 2.39. The van der Waals surface area contributed by atoms with Crippen LogP contribution in [0.25, 0.3) is 0 Å². The molecule has 2 heterocycles. The van der Waals surface area contributed by atoms with Gasteiger partial charge in [-0.3, -0.25) is 4.84 Å². The van der Waals surface area contributed by atoms with Crippen LogP contribution in [0.4, 0.5) is 0 Å². The normalized spacial score (nSPS) is 46.4. The molecule has 0 aromatic heterocycles. The molecular weight excluding hydrogens is 122 g/mol. The number of aliphatic carboxylic acids is 1. The van der Waals surface area contributed by atoms with E-state index in [9.17, 15) is 4.79 Å². The van der Waals surface area contributed by atoms with Crippen molar-refractivity contribution in [3.05, 3.63) is 0 Å². The van der Waals surface area contributed by atoms with Crippen LogP contribution < -0.4 is 0 Å². The van der Waals surface area contributed by atoms with Gasteiger partial charge in [-0.15, -0.1) is 5.06 Å². The van der Waals surface area contributed by atoms with Gasteiger partial charge < -0.3 is 5.11 Å². The lowest BCUT2D eigenvalue weighted by molar-refractivity contribution is -0.143. The molecule has 0 bridgehead atoms. The summed E-state index contributed by atoms with van der Waals surface area (Å²) in [5.41, 5.74) is -0.889. The minimum absolute atomic E-state index is 0.641. The molecule has 2 aliphatic rings. The fourth-order valence-electron chi connectivity index (χ4n) is 1.27. The maximum atomic E-state index is 10.4. The van der Waals surface area contributed by atoms with Crippen molar-refractivity contribution in [2.75, 3.05) is 6.54 Å². The number of hydrogen-bond donors (Lipinski definition) is 1. The lowest BCUT2D eigenvalue weighted by Crippen LogP contribution is -2.23. The zero-order chi connectivity index (χ0) is 6.48. The summed E-state index contributed by atoms with van der Waals surface area (Å²) in [4.78, 5) is 15.2. The Morgan fingerprint density at radius 3 is 2.78 bits per heavy atom. The van der Waals surface area contributed by atoms with E-state index in [1.165, 1.54) is 5.06 Å². The number of carbonyl (C=O) groups is 1. The first-order valence-corrected chi connectivity index (χ1v) is 2.96. The highest BCUT2D eigenvalue weighted by atomic mass is 16.9. The van der Waals surface area contributed by atoms with Gasteiger partial charge in [0.1, 0.15) is 0 Å². The van der Waals surface area contributed by atoms with E-state index >= 15 is 0 Å². The van der Waals surface area contributed by atoms with E-state index in [1.54, 1.807) is 0 Å². The summed E-state index contributed by atoms with van der Waals surface area (Å²) in [7, 11) is 0. The van der Waals surface area contributed by atoms with Crippen molar-refractivity contribution < 1.29 is 14.7 Å². The van der Waals surface area contributed by atoms with Gasteiger partial charge in [0.05, 0.1) is 0 Å². The number of nitrogens with zero attached hydrogens (tertiary/aromatic N) is 1. The van der Waals surface area contributed by atoms with Gasteiger partial charge in [-0.1, -0.05) is 0 Å². The van der Waals surface area contributed by atoms with E-state index in [2.05, 4.69) is 0 Å². The maximum absolute atomic E-state index is 10.4. The first kappa shape index (κ1) is 5.20. The Kier molecular flexibility index (Phi) is 0.736. The predicted octanol–water partition coefficient (Wildman–Crippen LogP) is -0.192. The van der Waals surface area contributed by atoms with Gasteiger partial charge in [0, 0.05) is 13.0 Å². The van der Waals surface area contributed by atoms with Crippen molar-refractivity contribution in [1.82, 2.24) is 5.06 Å². The topological polar surface area (TPSA) is 52.8 Å². The molecule has 2 rings (SSSR count). The molecule has 0 aromatic carbocycles. The van der Waals surface area contributed by atoms with E-state index < -0.39 is 11.7 Å². The van der Waals surface area contributed by atoms with E-state index in [0.29, 0.717) is 6.42 Å². The highest BCUT2D eigenvalue weighted by Crippen LogP contribution is 2.44. The van der Waals surface area contributed by atoms with Crippen molar-refractivity contribution in [2.24, 2.45) is 0 Å². The zero-order valence-electron chi connectivity index (χ0n) is 4.83. The van der Waals surface area contributed by atoms with Gasteiger partial charge in [0.2, 0.25) is 0 Å². The smallest absolute Gasteiger partial charge is 0.355 e. The zero-order valence-corrected chi connectivity index (χ0v) is 4.83. The summed E-state index contributed by atoms with van der Waals surface area (Å²) in [5, 5.41) is 10.1. The standard InChI is InChI=1S/C5H7NO3/c7-4(8)5-2-1-3-6(5)9-5/h1-3H2,(H,7,8)/t5-,6?/m1/s1. The monoisotopic (exact) mass is 129 g/mol. The van der Waals surface area contributed by atoms with Gasteiger partial charge in [-0.05, 0) is 6.42 Å². The summed E-state index contributed by atoms with van der Waals surface area (Å²) < 4.78 is 0. The van der Waals surface area contributed by atoms with Crippen LogP contribution in [0.3, 0.4) is 0 Å². The predicted molar refractivity (Wildman–Crippen MR) is 27.4 cm³/mol. The number of fused-ring (bicyclic) bond motifs is 1. The molecule has 0 spiro atoms. The molecule has 4 nitrogen and oxygen atoms in total. The highest BCUT2D eigenvalue weighted by Gasteiger charge is 2.64. The molecule has 2 aliphatic heterocycles. The largest absolute Gasteiger partial charge is 0.478 e. The molecule has 2 saturated heterocycles. The Bertz CT molecular complexity index is 170. The summed E-state index contributed by atoms with van der Waals surface area (Å²) in [5.74, 6) is -0.847. The molecule has 1 unspecified atom stereocenters. The summed E-state index contributed by atoms with van der Waals surface area (Å²) in [6, 6.07) is 0. The van der Waals surface area contributed by atoms with Crippen molar-refractivity contribution in [1.29, 1.82) is 0 Å². The number of carboxylic acid groups (broad SMARTS) is 1. The van der Waals surface area contributed by atoms with Gasteiger partial charge in [-0.25, -0.2) is 4.79 Å². The van der Waals surface area contributed by atoms with E-state index in [-0.39, 0.29) is 0 Å². The summed E-state index contributed by atoms with van der Waals surface area (Å²) in [6.07, 6.45) is 1.58. The third kappa shape index (κ3) is 0.469. The Morgan fingerprint density at radius 1 is 1.78 bits per heavy atom. The molecule has 2 fully saturated rings. The molecule has 50 valence electrons. The van der Waals surface area contributed by atoms with Gasteiger partial charge in [0.25, 0.3) is 5.72 Å². The van der Waals surface area contributed by atoms with Gasteiger partial charge in [-0.2, -0.15) is 0 Å². The molecule has 9 heavy (non-hydrogen) atoms. The molecule has 0 radical (unpaired) electrons. The maximum Gasteiger partial charge on any atom is 0.355 e. The molecule has 4 heteroatoms. The lowest BCUT2D eigenvalue weighted by atomic mass is 10.2. The molecule has 1 N–H and O–H groups in total. The minimum Gasteiger partial charge on any atom is -0.478 e. The first-order valence-electron chi connectivity index (χ1n) is 2.96. The minimum atomic E-state index is -0.889. The number of hydrogen-bond acceptors (Lipinski definition) is 3. The van der Waals surface area contributed by atoms with Crippen LogP contribution >= 0.6 is 0 Å². The quantitative estimate of drug-likeness (QED) is 0.498. The summed E-state index contributed by atoms with van der Waals surface area (Å²) >= 11 is 0. The molecule has 0 aromatic rings. The van der Waals surface area contributed by atoms with E-state index in [4.69, 9.17) is 9.94 Å². The van der Waals surface area contributed by atoms with Gasteiger partial charge >= 0.3 is 5.97 Å². The Balaban J connectivity index is 2.19. The Labute approximate surface area is 52.0 Å². The van der Waals surface area contributed by atoms with Crippen LogP contribution in [0.1, 0.15) is 12.8 Å². The van der Waals surface area contributed by atoms with Crippen LogP contribution in [-0.2, 0) is 9.63 Å². The third-order valence-corrected chi connectivity index (χ3v) is 1.84. The van der Waals surface area contributed by atoms with Crippen LogP contribution in [0.15, 0.2) is 0 Å². The van der Waals surface area contributed by atoms with E-state index in [0.717, 1.165) is 13.0 Å². The fraction of sp³-hybridized carbons (Fsp3) is 0.800. The van der Waals surface area contributed by atoms with Crippen molar-refractivity contribution >= 4 is 5.97 Å². The van der Waals surface area contributed by atoms with Crippen LogP contribution in [0, 0.1) is 0 Å². The van der Waals surface area contributed by atoms with Gasteiger partial charge in [0.15, 0.2) is 0 Å². The number of carboxylic acids is 1. The first-order chi connectivity index (χ1) is 4.26. The van der Waals surface area contributed by atoms with Crippen LogP contribution in [0.2, 0.25) is 0 Å². The van der Waals surface area contributed by atoms with Crippen molar-refractivity contribution in [3.63, 3.8) is 0 Å². The molecular formula is C5H7NO3. The van der Waals surface area contributed by atoms with Crippen LogP contribution in [-0.4, -0.2) is 28.4 Å². The second-order valence-electron chi connectivity index (χ2n) is 2.39. The average Bonchev–Trinajstić information content (AvgIpc) is 2.38. The van der Waals surface area contributed by atoms with Crippen molar-refractivity contribution in [2.45, 2.75) is 18.6 Å². The summed E-state index contributed by atoms with van der Waals surface area (Å²) in [6.45, 7) is 0.770. The fourth-order valence-corrected chi connectivity index (χ4v) is 1.27. The molecule has 0 aliphatic carbocycles. The highest BCUT2D eigenvalue weighted by molar-refractivity contribution is 5.79. The Hall–Kier alpha value is -0.610. The lowest BCUT2D eigenvalue weighted by Gasteiger charge is -1.94. The third-order valence-electron chi connectivity index (χ3n) is 1.84. The SMILES string of the molecule is O=C(O)[C@]12CCCN1O2. The average molecular weight is 129 g/mol. The number of rotatable bonds is 1. The van der Waals surface area contributed by atoms with Crippen molar-refractivity contribution in [3.8, 4) is 0 Å². The molecule has 0 amide bonds. The van der Waals surface area contributed by atoms with Crippen LogP contribution in [0.5, 0.6) is 0 Å². The molecule has 2 atom stereocenters. The number of hydroxylamine groups is 2. The molecule has 0 saturated carbocycles. The second kappa shape index (κ2) is 1.27. The van der Waals surface area contributed by atoms with E-state index in [1.807, 2.05) is 0 Å². The Morgan fingerprint density at radius 2 is 2.56 bits per heavy atom.